The highest BCUT2D eigenvalue weighted by Gasteiger charge is 2.36. The molecule has 168 valence electrons. The SMILES string of the molecule is Cc1ccccc1-c1ccccc1C(=O)NCCc1cc(C(F)(F)F)cc(C(F)(F)F)c1. The number of aryl methyl sites for hydroxylation is 1. The Labute approximate surface area is 180 Å². The zero-order valence-corrected chi connectivity index (χ0v) is 16.9. The lowest BCUT2D eigenvalue weighted by molar-refractivity contribution is -0.143. The Balaban J connectivity index is 1.78. The molecular formula is C24H19F6NO. The van der Waals surface area contributed by atoms with E-state index in [9.17, 15) is 31.1 Å². The van der Waals surface area contributed by atoms with Crippen LogP contribution in [-0.2, 0) is 18.8 Å². The van der Waals surface area contributed by atoms with Crippen LogP contribution in [0.5, 0.6) is 0 Å². The number of halogens is 6. The van der Waals surface area contributed by atoms with Gasteiger partial charge in [0, 0.05) is 12.1 Å². The second-order valence-electron chi connectivity index (χ2n) is 7.28. The summed E-state index contributed by atoms with van der Waals surface area (Å²) in [5, 5.41) is 2.59. The smallest absolute Gasteiger partial charge is 0.352 e. The monoisotopic (exact) mass is 451 g/mol. The van der Waals surface area contributed by atoms with Gasteiger partial charge in [-0.25, -0.2) is 0 Å². The van der Waals surface area contributed by atoms with Crippen molar-refractivity contribution in [1.29, 1.82) is 0 Å². The van der Waals surface area contributed by atoms with Gasteiger partial charge in [-0.2, -0.15) is 26.3 Å². The Morgan fingerprint density at radius 3 is 1.88 bits per heavy atom. The van der Waals surface area contributed by atoms with E-state index in [4.69, 9.17) is 0 Å². The number of benzene rings is 3. The molecule has 0 saturated carbocycles. The molecule has 3 rings (SSSR count). The van der Waals surface area contributed by atoms with Crippen molar-refractivity contribution in [2.45, 2.75) is 25.7 Å². The Morgan fingerprint density at radius 1 is 0.781 bits per heavy atom. The van der Waals surface area contributed by atoms with Crippen molar-refractivity contribution in [3.8, 4) is 11.1 Å². The molecule has 0 spiro atoms. The number of rotatable bonds is 5. The number of carbonyl (C=O) groups excluding carboxylic acids is 1. The van der Waals surface area contributed by atoms with Crippen molar-refractivity contribution < 1.29 is 31.1 Å². The molecule has 3 aromatic rings. The fraction of sp³-hybridized carbons (Fsp3) is 0.208. The van der Waals surface area contributed by atoms with E-state index in [-0.39, 0.29) is 24.6 Å². The molecule has 0 aliphatic rings. The Morgan fingerprint density at radius 2 is 1.31 bits per heavy atom. The summed E-state index contributed by atoms with van der Waals surface area (Å²) in [6.45, 7) is 1.77. The fourth-order valence-electron chi connectivity index (χ4n) is 3.37. The summed E-state index contributed by atoms with van der Waals surface area (Å²) < 4.78 is 78.1. The Hall–Kier alpha value is -3.29. The van der Waals surface area contributed by atoms with E-state index in [1.165, 1.54) is 0 Å². The molecule has 0 unspecified atom stereocenters. The average Bonchev–Trinajstić information content (AvgIpc) is 2.72. The predicted molar refractivity (Wildman–Crippen MR) is 109 cm³/mol. The van der Waals surface area contributed by atoms with Gasteiger partial charge in [0.05, 0.1) is 11.1 Å². The van der Waals surface area contributed by atoms with Crippen molar-refractivity contribution in [2.24, 2.45) is 0 Å². The lowest BCUT2D eigenvalue weighted by Crippen LogP contribution is -2.26. The number of carbonyl (C=O) groups is 1. The van der Waals surface area contributed by atoms with E-state index >= 15 is 0 Å². The normalized spacial score (nSPS) is 12.0. The molecule has 0 heterocycles. The summed E-state index contributed by atoms with van der Waals surface area (Å²) in [6, 6.07) is 15.7. The second-order valence-corrected chi connectivity index (χ2v) is 7.28. The summed E-state index contributed by atoms with van der Waals surface area (Å²) in [6.07, 6.45) is -10.0. The molecule has 0 saturated heterocycles. The molecule has 32 heavy (non-hydrogen) atoms. The van der Waals surface area contributed by atoms with Crippen LogP contribution in [0.2, 0.25) is 0 Å². The maximum Gasteiger partial charge on any atom is 0.416 e. The molecule has 0 fully saturated rings. The van der Waals surface area contributed by atoms with Gasteiger partial charge in [-0.15, -0.1) is 0 Å². The van der Waals surface area contributed by atoms with Gasteiger partial charge in [-0.1, -0.05) is 42.5 Å². The molecule has 0 atom stereocenters. The molecule has 0 aromatic heterocycles. The van der Waals surface area contributed by atoms with Gasteiger partial charge in [0.25, 0.3) is 5.91 Å². The molecule has 0 aliphatic carbocycles. The van der Waals surface area contributed by atoms with Crippen LogP contribution in [0, 0.1) is 6.92 Å². The zero-order chi connectivity index (χ0) is 23.5. The molecule has 0 aliphatic heterocycles. The predicted octanol–water partition coefficient (Wildman–Crippen LogP) is 6.67. The highest BCUT2D eigenvalue weighted by Crippen LogP contribution is 2.36. The van der Waals surface area contributed by atoms with Crippen LogP contribution in [-0.4, -0.2) is 12.5 Å². The first-order valence-corrected chi connectivity index (χ1v) is 9.68. The van der Waals surface area contributed by atoms with Gasteiger partial charge in [-0.3, -0.25) is 4.79 Å². The van der Waals surface area contributed by atoms with Gasteiger partial charge < -0.3 is 5.32 Å². The van der Waals surface area contributed by atoms with E-state index in [0.717, 1.165) is 11.1 Å². The second kappa shape index (κ2) is 9.06. The van der Waals surface area contributed by atoms with Crippen LogP contribution in [0.3, 0.4) is 0 Å². The molecule has 1 N–H and O–H groups in total. The quantitative estimate of drug-likeness (QED) is 0.431. The molecule has 1 amide bonds. The summed E-state index contributed by atoms with van der Waals surface area (Å²) in [4.78, 5) is 12.7. The highest BCUT2D eigenvalue weighted by atomic mass is 19.4. The third-order valence-electron chi connectivity index (χ3n) is 4.95. The van der Waals surface area contributed by atoms with Crippen LogP contribution in [0.15, 0.2) is 66.7 Å². The van der Waals surface area contributed by atoms with Crippen molar-refractivity contribution in [1.82, 2.24) is 5.32 Å². The van der Waals surface area contributed by atoms with Crippen molar-refractivity contribution in [3.63, 3.8) is 0 Å². The van der Waals surface area contributed by atoms with Crippen molar-refractivity contribution >= 4 is 5.91 Å². The maximum absolute atomic E-state index is 13.0. The van der Waals surface area contributed by atoms with Crippen LogP contribution in [0.4, 0.5) is 26.3 Å². The van der Waals surface area contributed by atoms with E-state index < -0.39 is 29.4 Å². The molecule has 2 nitrogen and oxygen atoms in total. The number of nitrogens with one attached hydrogen (secondary N) is 1. The Kier molecular flexibility index (Phi) is 6.62. The van der Waals surface area contributed by atoms with E-state index in [1.54, 1.807) is 24.3 Å². The summed E-state index contributed by atoms with van der Waals surface area (Å²) in [7, 11) is 0. The minimum Gasteiger partial charge on any atom is -0.352 e. The van der Waals surface area contributed by atoms with Gasteiger partial charge in [-0.05, 0) is 59.9 Å². The van der Waals surface area contributed by atoms with Crippen LogP contribution < -0.4 is 5.32 Å². The summed E-state index contributed by atoms with van der Waals surface area (Å²) in [5.74, 6) is -0.466. The largest absolute Gasteiger partial charge is 0.416 e. The van der Waals surface area contributed by atoms with Gasteiger partial charge in [0.2, 0.25) is 0 Å². The number of amides is 1. The van der Waals surface area contributed by atoms with Crippen LogP contribution in [0.1, 0.15) is 32.6 Å². The minimum absolute atomic E-state index is 0.0838. The topological polar surface area (TPSA) is 29.1 Å². The fourth-order valence-corrected chi connectivity index (χ4v) is 3.37. The molecule has 8 heteroatoms. The minimum atomic E-state index is -4.91. The third-order valence-corrected chi connectivity index (χ3v) is 4.95. The van der Waals surface area contributed by atoms with E-state index in [1.807, 2.05) is 31.2 Å². The van der Waals surface area contributed by atoms with Gasteiger partial charge in [0.1, 0.15) is 0 Å². The first-order valence-electron chi connectivity index (χ1n) is 9.68. The lowest BCUT2D eigenvalue weighted by Gasteiger charge is -2.15. The third kappa shape index (κ3) is 5.49. The number of alkyl halides is 6. The summed E-state index contributed by atoms with van der Waals surface area (Å²) >= 11 is 0. The standard InChI is InChI=1S/C24H19F6NO/c1-15-6-2-3-7-19(15)20-8-4-5-9-21(20)22(32)31-11-10-16-12-17(23(25,26)27)14-18(13-16)24(28,29)30/h2-9,12-14H,10-11H2,1H3,(H,31,32). The average molecular weight is 451 g/mol. The summed E-state index contributed by atoms with van der Waals surface area (Å²) in [5.41, 5.74) is -0.0672. The van der Waals surface area contributed by atoms with Crippen LogP contribution >= 0.6 is 0 Å². The van der Waals surface area contributed by atoms with Crippen molar-refractivity contribution in [2.75, 3.05) is 6.54 Å². The van der Waals surface area contributed by atoms with E-state index in [0.29, 0.717) is 23.3 Å². The van der Waals surface area contributed by atoms with E-state index in [2.05, 4.69) is 5.32 Å². The lowest BCUT2D eigenvalue weighted by atomic mass is 9.95. The first kappa shape index (κ1) is 23.4. The maximum atomic E-state index is 13.0. The van der Waals surface area contributed by atoms with Gasteiger partial charge in [0.15, 0.2) is 0 Å². The molecule has 3 aromatic carbocycles. The molecular weight excluding hydrogens is 432 g/mol. The highest BCUT2D eigenvalue weighted by molar-refractivity contribution is 6.01. The zero-order valence-electron chi connectivity index (χ0n) is 16.9. The Bertz CT molecular complexity index is 1090. The first-order chi connectivity index (χ1) is 15.0. The number of hydrogen-bond acceptors (Lipinski definition) is 1. The number of hydrogen-bond donors (Lipinski definition) is 1. The van der Waals surface area contributed by atoms with Crippen molar-refractivity contribution in [3.05, 3.63) is 94.5 Å². The van der Waals surface area contributed by atoms with Gasteiger partial charge >= 0.3 is 12.4 Å². The molecule has 0 bridgehead atoms. The molecule has 0 radical (unpaired) electrons. The van der Waals surface area contributed by atoms with Crippen LogP contribution in [0.25, 0.3) is 11.1 Å².